The van der Waals surface area contributed by atoms with E-state index in [4.69, 9.17) is 14.2 Å². The minimum atomic E-state index is -0.780. The molecular formula is C70H122O6. The Morgan fingerprint density at radius 2 is 0.513 bits per heavy atom. The van der Waals surface area contributed by atoms with Crippen LogP contribution in [0.1, 0.15) is 323 Å². The molecule has 76 heavy (non-hydrogen) atoms. The summed E-state index contributed by atoms with van der Waals surface area (Å²) in [7, 11) is 0. The number of unbranched alkanes of at least 4 members (excludes halogenated alkanes) is 34. The van der Waals surface area contributed by atoms with Crippen LogP contribution in [0.5, 0.6) is 0 Å². The molecule has 0 saturated heterocycles. The Kier molecular flexibility index (Phi) is 61.2. The molecule has 0 fully saturated rings. The number of allylic oxidation sites excluding steroid dienone is 14. The van der Waals surface area contributed by atoms with Crippen LogP contribution < -0.4 is 0 Å². The maximum atomic E-state index is 12.9. The number of esters is 3. The average molecular weight is 1060 g/mol. The Labute approximate surface area is 471 Å². The molecule has 6 nitrogen and oxygen atoms in total. The van der Waals surface area contributed by atoms with Gasteiger partial charge in [0.15, 0.2) is 6.10 Å². The van der Waals surface area contributed by atoms with E-state index in [0.717, 1.165) is 103 Å². The topological polar surface area (TPSA) is 78.9 Å². The molecule has 1 unspecified atom stereocenters. The fourth-order valence-corrected chi connectivity index (χ4v) is 9.27. The first-order valence-electron chi connectivity index (χ1n) is 32.6. The maximum absolute atomic E-state index is 12.9. The van der Waals surface area contributed by atoms with Gasteiger partial charge in [-0.1, -0.05) is 292 Å². The standard InChI is InChI=1S/C70H122O6/c1-4-7-10-13-16-19-22-24-26-28-30-32-33-34-35-36-37-39-40-42-44-46-48-51-54-57-60-63-69(72)75-66-67(65-74-68(71)62-59-56-53-50-21-18-15-12-9-6-3)76-70(73)64-61-58-55-52-49-47-45-43-41-38-31-29-27-25-23-20-17-14-11-8-5-2/h7,10,16,19,24,26,29-32,34-35,37,39,67H,4-6,8-9,11-15,17-18,20-23,25,27-28,33,36,38,40-66H2,1-3H3/b10-7-,19-16-,26-24-,31-29-,32-30-,35-34-,39-37-. The Morgan fingerprint density at radius 1 is 0.276 bits per heavy atom. The molecule has 6 heteroatoms. The van der Waals surface area contributed by atoms with Crippen molar-refractivity contribution in [3.8, 4) is 0 Å². The normalized spacial score (nSPS) is 12.6. The molecule has 0 aromatic heterocycles. The van der Waals surface area contributed by atoms with Crippen LogP contribution in [0.4, 0.5) is 0 Å². The van der Waals surface area contributed by atoms with Gasteiger partial charge in [-0.15, -0.1) is 0 Å². The summed E-state index contributed by atoms with van der Waals surface area (Å²) in [5.41, 5.74) is 0. The van der Waals surface area contributed by atoms with E-state index in [0.29, 0.717) is 19.3 Å². The van der Waals surface area contributed by atoms with Crippen molar-refractivity contribution >= 4 is 17.9 Å². The van der Waals surface area contributed by atoms with Crippen molar-refractivity contribution in [2.75, 3.05) is 13.2 Å². The molecule has 0 aromatic rings. The number of hydrogen-bond donors (Lipinski definition) is 0. The van der Waals surface area contributed by atoms with E-state index in [9.17, 15) is 14.4 Å². The summed E-state index contributed by atoms with van der Waals surface area (Å²) in [6, 6.07) is 0. The van der Waals surface area contributed by atoms with Gasteiger partial charge in [0, 0.05) is 19.3 Å². The van der Waals surface area contributed by atoms with Crippen LogP contribution in [-0.4, -0.2) is 37.2 Å². The molecule has 0 heterocycles. The summed E-state index contributed by atoms with van der Waals surface area (Å²) in [5.74, 6) is -0.876. The highest BCUT2D eigenvalue weighted by Crippen LogP contribution is 2.16. The smallest absolute Gasteiger partial charge is 0.306 e. The molecule has 0 radical (unpaired) electrons. The summed E-state index contributed by atoms with van der Waals surface area (Å²) < 4.78 is 16.9. The van der Waals surface area contributed by atoms with E-state index in [1.807, 2.05) is 0 Å². The van der Waals surface area contributed by atoms with Gasteiger partial charge in [0.25, 0.3) is 0 Å². The average Bonchev–Trinajstić information content (AvgIpc) is 3.42. The first kappa shape index (κ1) is 72.6. The number of ether oxygens (including phenoxy) is 3. The number of hydrogen-bond acceptors (Lipinski definition) is 6. The Bertz CT molecular complexity index is 1450. The van der Waals surface area contributed by atoms with Crippen LogP contribution in [0.15, 0.2) is 85.1 Å². The Balaban J connectivity index is 4.26. The molecule has 0 aliphatic heterocycles. The third-order valence-electron chi connectivity index (χ3n) is 14.1. The zero-order valence-corrected chi connectivity index (χ0v) is 50.3. The highest BCUT2D eigenvalue weighted by atomic mass is 16.6. The first-order valence-corrected chi connectivity index (χ1v) is 32.6. The summed E-state index contributed by atoms with van der Waals surface area (Å²) in [6.07, 6.45) is 84.5. The molecule has 0 amide bonds. The lowest BCUT2D eigenvalue weighted by Gasteiger charge is -2.18. The van der Waals surface area contributed by atoms with Gasteiger partial charge in [0.1, 0.15) is 13.2 Å². The largest absolute Gasteiger partial charge is 0.462 e. The van der Waals surface area contributed by atoms with Crippen LogP contribution in [0, 0.1) is 0 Å². The molecule has 0 aromatic carbocycles. The highest BCUT2D eigenvalue weighted by molar-refractivity contribution is 5.71. The minimum absolute atomic E-state index is 0.0768. The fourth-order valence-electron chi connectivity index (χ4n) is 9.27. The lowest BCUT2D eigenvalue weighted by atomic mass is 10.1. The maximum Gasteiger partial charge on any atom is 0.306 e. The molecule has 0 rings (SSSR count). The van der Waals surface area contributed by atoms with Crippen LogP contribution >= 0.6 is 0 Å². The predicted molar refractivity (Wildman–Crippen MR) is 330 cm³/mol. The van der Waals surface area contributed by atoms with Crippen molar-refractivity contribution in [1.29, 1.82) is 0 Å². The predicted octanol–water partition coefficient (Wildman–Crippen LogP) is 22.3. The van der Waals surface area contributed by atoms with Gasteiger partial charge in [-0.3, -0.25) is 14.4 Å². The molecule has 0 N–H and O–H groups in total. The molecule has 0 saturated carbocycles. The number of carbonyl (C=O) groups is 3. The molecule has 0 aliphatic rings. The third kappa shape index (κ3) is 61.4. The Morgan fingerprint density at radius 3 is 0.816 bits per heavy atom. The lowest BCUT2D eigenvalue weighted by Crippen LogP contribution is -2.30. The minimum Gasteiger partial charge on any atom is -0.462 e. The van der Waals surface area contributed by atoms with E-state index >= 15 is 0 Å². The van der Waals surface area contributed by atoms with Crippen LogP contribution in [0.25, 0.3) is 0 Å². The first-order chi connectivity index (χ1) is 37.5. The van der Waals surface area contributed by atoms with Gasteiger partial charge in [-0.05, 0) is 96.3 Å². The van der Waals surface area contributed by atoms with Gasteiger partial charge >= 0.3 is 17.9 Å². The van der Waals surface area contributed by atoms with E-state index in [1.165, 1.54) is 180 Å². The van der Waals surface area contributed by atoms with Crippen molar-refractivity contribution in [3.63, 3.8) is 0 Å². The van der Waals surface area contributed by atoms with Crippen LogP contribution in [0.2, 0.25) is 0 Å². The molecular weight excluding hydrogens is 937 g/mol. The molecule has 0 bridgehead atoms. The monoisotopic (exact) mass is 1060 g/mol. The second kappa shape index (κ2) is 64.1. The highest BCUT2D eigenvalue weighted by Gasteiger charge is 2.19. The summed E-state index contributed by atoms with van der Waals surface area (Å²) >= 11 is 0. The second-order valence-corrected chi connectivity index (χ2v) is 21.6. The second-order valence-electron chi connectivity index (χ2n) is 21.6. The number of carbonyl (C=O) groups excluding carboxylic acids is 3. The lowest BCUT2D eigenvalue weighted by molar-refractivity contribution is -0.167. The van der Waals surface area contributed by atoms with E-state index in [1.54, 1.807) is 0 Å². The molecule has 0 spiro atoms. The zero-order chi connectivity index (χ0) is 55.0. The summed E-state index contributed by atoms with van der Waals surface area (Å²) in [6.45, 7) is 6.54. The van der Waals surface area contributed by atoms with Crippen LogP contribution in [-0.2, 0) is 28.6 Å². The Hall–Kier alpha value is -3.41. The van der Waals surface area contributed by atoms with Crippen LogP contribution in [0.3, 0.4) is 0 Å². The number of rotatable bonds is 59. The van der Waals surface area contributed by atoms with E-state index in [2.05, 4.69) is 106 Å². The van der Waals surface area contributed by atoms with E-state index in [-0.39, 0.29) is 31.1 Å². The van der Waals surface area contributed by atoms with Crippen molar-refractivity contribution in [3.05, 3.63) is 85.1 Å². The van der Waals surface area contributed by atoms with Gasteiger partial charge in [0.2, 0.25) is 0 Å². The zero-order valence-electron chi connectivity index (χ0n) is 50.3. The summed E-state index contributed by atoms with van der Waals surface area (Å²) in [5, 5.41) is 0. The van der Waals surface area contributed by atoms with Crippen molar-refractivity contribution < 1.29 is 28.6 Å². The van der Waals surface area contributed by atoms with Gasteiger partial charge in [-0.2, -0.15) is 0 Å². The quantitative estimate of drug-likeness (QED) is 0.0261. The fraction of sp³-hybridized carbons (Fsp3) is 0.757. The molecule has 438 valence electrons. The molecule has 1 atom stereocenters. The van der Waals surface area contributed by atoms with Gasteiger partial charge in [-0.25, -0.2) is 0 Å². The van der Waals surface area contributed by atoms with Gasteiger partial charge in [0.05, 0.1) is 0 Å². The van der Waals surface area contributed by atoms with Crippen molar-refractivity contribution in [2.45, 2.75) is 329 Å². The molecule has 0 aliphatic carbocycles. The third-order valence-corrected chi connectivity index (χ3v) is 14.1. The van der Waals surface area contributed by atoms with Gasteiger partial charge < -0.3 is 14.2 Å². The van der Waals surface area contributed by atoms with Crippen molar-refractivity contribution in [1.82, 2.24) is 0 Å². The van der Waals surface area contributed by atoms with Crippen molar-refractivity contribution in [2.24, 2.45) is 0 Å². The SMILES string of the molecule is CC/C=C\C/C=C\C/C=C\C/C=C\C/C=C\C/C=C\CCCCCCCCCCC(=O)OCC(COC(=O)CCCCCCCCCCCC)OC(=O)CCCCCCCCCCC/C=C\CCCCCCCCCC. The van der Waals surface area contributed by atoms with E-state index < -0.39 is 6.10 Å². The summed E-state index contributed by atoms with van der Waals surface area (Å²) in [4.78, 5) is 38.2.